The molecule has 0 spiro atoms. The average molecular weight is 356 g/mol. The number of anilines is 1. The van der Waals surface area contributed by atoms with E-state index in [0.29, 0.717) is 41.8 Å². The zero-order valence-corrected chi connectivity index (χ0v) is 14.4. The molecule has 26 heavy (non-hydrogen) atoms. The maximum atomic E-state index is 12.5. The second-order valence-electron chi connectivity index (χ2n) is 6.98. The Labute approximate surface area is 150 Å². The summed E-state index contributed by atoms with van der Waals surface area (Å²) in [4.78, 5) is 29.6. The number of rotatable bonds is 4. The third-order valence-electron chi connectivity index (χ3n) is 4.86. The minimum atomic E-state index is -0.866. The van der Waals surface area contributed by atoms with Crippen LogP contribution in [-0.4, -0.2) is 45.2 Å². The van der Waals surface area contributed by atoms with Crippen molar-refractivity contribution >= 4 is 17.7 Å². The number of benzene rings is 1. The van der Waals surface area contributed by atoms with E-state index in [2.05, 4.69) is 15.5 Å². The standard InChI is InChI=1S/C18H20N4O4/c1-10-2-5-14(19-18(25)22-7-6-12(9-22)17(23)24)13(8-10)16-20-15(21-26-16)11-3-4-11/h2,5,8,11-12H,3-4,6-7,9H2,1H3,(H,19,25)(H,23,24). The fourth-order valence-electron chi connectivity index (χ4n) is 3.14. The lowest BCUT2D eigenvalue weighted by Gasteiger charge is -2.18. The number of hydrogen-bond acceptors (Lipinski definition) is 5. The molecule has 8 nitrogen and oxygen atoms in total. The monoisotopic (exact) mass is 356 g/mol. The number of amides is 2. The molecule has 2 aromatic rings. The van der Waals surface area contributed by atoms with Crippen molar-refractivity contribution in [2.45, 2.75) is 32.1 Å². The number of nitrogens with zero attached hydrogens (tertiary/aromatic N) is 3. The minimum Gasteiger partial charge on any atom is -0.481 e. The summed E-state index contributed by atoms with van der Waals surface area (Å²) in [7, 11) is 0. The molecule has 1 saturated carbocycles. The van der Waals surface area contributed by atoms with E-state index in [-0.39, 0.29) is 12.6 Å². The molecule has 0 bridgehead atoms. The summed E-state index contributed by atoms with van der Waals surface area (Å²) < 4.78 is 5.40. The van der Waals surface area contributed by atoms with Crippen molar-refractivity contribution in [1.82, 2.24) is 15.0 Å². The average Bonchev–Trinajstić information content (AvgIpc) is 3.14. The molecule has 1 atom stereocenters. The molecular weight excluding hydrogens is 336 g/mol. The van der Waals surface area contributed by atoms with Crippen LogP contribution in [0.5, 0.6) is 0 Å². The molecule has 1 aliphatic carbocycles. The Morgan fingerprint density at radius 2 is 2.12 bits per heavy atom. The molecule has 2 fully saturated rings. The highest BCUT2D eigenvalue weighted by molar-refractivity contribution is 5.94. The summed E-state index contributed by atoms with van der Waals surface area (Å²) in [6.07, 6.45) is 2.63. The quantitative estimate of drug-likeness (QED) is 0.872. The summed E-state index contributed by atoms with van der Waals surface area (Å²) in [5, 5.41) is 16.0. The molecule has 1 aromatic carbocycles. The van der Waals surface area contributed by atoms with Crippen molar-refractivity contribution in [3.05, 3.63) is 29.6 Å². The van der Waals surface area contributed by atoms with Gasteiger partial charge in [-0.1, -0.05) is 16.8 Å². The molecule has 2 N–H and O–H groups in total. The fraction of sp³-hybridized carbons (Fsp3) is 0.444. The number of carbonyl (C=O) groups excluding carboxylic acids is 1. The SMILES string of the molecule is Cc1ccc(NC(=O)N2CCC(C(=O)O)C2)c(-c2nc(C3CC3)no2)c1. The van der Waals surface area contributed by atoms with Crippen LogP contribution in [0.4, 0.5) is 10.5 Å². The van der Waals surface area contributed by atoms with Crippen LogP contribution >= 0.6 is 0 Å². The van der Waals surface area contributed by atoms with Crippen molar-refractivity contribution in [3.8, 4) is 11.5 Å². The molecule has 4 rings (SSSR count). The second-order valence-corrected chi connectivity index (χ2v) is 6.98. The largest absolute Gasteiger partial charge is 0.481 e. The summed E-state index contributed by atoms with van der Waals surface area (Å²) in [6.45, 7) is 2.59. The van der Waals surface area contributed by atoms with E-state index in [1.807, 2.05) is 19.1 Å². The third kappa shape index (κ3) is 3.26. The zero-order chi connectivity index (χ0) is 18.3. The lowest BCUT2D eigenvalue weighted by molar-refractivity contribution is -0.141. The zero-order valence-electron chi connectivity index (χ0n) is 14.4. The van der Waals surface area contributed by atoms with Crippen LogP contribution in [0.25, 0.3) is 11.5 Å². The van der Waals surface area contributed by atoms with Crippen molar-refractivity contribution < 1.29 is 19.2 Å². The van der Waals surface area contributed by atoms with Gasteiger partial charge < -0.3 is 19.8 Å². The molecule has 136 valence electrons. The fourth-order valence-corrected chi connectivity index (χ4v) is 3.14. The lowest BCUT2D eigenvalue weighted by atomic mass is 10.1. The van der Waals surface area contributed by atoms with Gasteiger partial charge in [0.05, 0.1) is 17.2 Å². The van der Waals surface area contributed by atoms with Gasteiger partial charge in [0, 0.05) is 19.0 Å². The van der Waals surface area contributed by atoms with Crippen LogP contribution < -0.4 is 5.32 Å². The number of urea groups is 1. The van der Waals surface area contributed by atoms with E-state index in [1.165, 1.54) is 4.90 Å². The van der Waals surface area contributed by atoms with Gasteiger partial charge in [0.25, 0.3) is 5.89 Å². The number of carboxylic acid groups (broad SMARTS) is 1. The van der Waals surface area contributed by atoms with E-state index in [4.69, 9.17) is 9.63 Å². The van der Waals surface area contributed by atoms with Crippen LogP contribution in [0.2, 0.25) is 0 Å². The Morgan fingerprint density at radius 1 is 1.31 bits per heavy atom. The molecule has 1 saturated heterocycles. The molecule has 1 unspecified atom stereocenters. The molecule has 8 heteroatoms. The highest BCUT2D eigenvalue weighted by Gasteiger charge is 2.32. The van der Waals surface area contributed by atoms with Crippen LogP contribution in [0.3, 0.4) is 0 Å². The van der Waals surface area contributed by atoms with Gasteiger partial charge in [-0.25, -0.2) is 4.79 Å². The van der Waals surface area contributed by atoms with Gasteiger partial charge in [-0.05, 0) is 38.3 Å². The number of aromatic nitrogens is 2. The van der Waals surface area contributed by atoms with Gasteiger partial charge in [-0.15, -0.1) is 0 Å². The van der Waals surface area contributed by atoms with E-state index < -0.39 is 11.9 Å². The number of hydrogen-bond donors (Lipinski definition) is 2. The lowest BCUT2D eigenvalue weighted by Crippen LogP contribution is -2.33. The van der Waals surface area contributed by atoms with Gasteiger partial charge in [0.2, 0.25) is 0 Å². The van der Waals surface area contributed by atoms with Crippen LogP contribution in [-0.2, 0) is 4.79 Å². The topological polar surface area (TPSA) is 109 Å². The molecule has 2 amide bonds. The summed E-state index contributed by atoms with van der Waals surface area (Å²) in [6, 6.07) is 5.26. The maximum Gasteiger partial charge on any atom is 0.321 e. The van der Waals surface area contributed by atoms with Crippen molar-refractivity contribution in [3.63, 3.8) is 0 Å². The van der Waals surface area contributed by atoms with E-state index in [9.17, 15) is 9.59 Å². The summed E-state index contributed by atoms with van der Waals surface area (Å²) in [5.74, 6) is 0.108. The van der Waals surface area contributed by atoms with E-state index in [0.717, 1.165) is 18.4 Å². The summed E-state index contributed by atoms with van der Waals surface area (Å²) >= 11 is 0. The van der Waals surface area contributed by atoms with Crippen molar-refractivity contribution in [2.24, 2.45) is 5.92 Å². The molecule has 2 heterocycles. The van der Waals surface area contributed by atoms with Crippen LogP contribution in [0.15, 0.2) is 22.7 Å². The number of carbonyl (C=O) groups is 2. The van der Waals surface area contributed by atoms with Gasteiger partial charge in [-0.3, -0.25) is 4.79 Å². The van der Waals surface area contributed by atoms with Crippen LogP contribution in [0, 0.1) is 12.8 Å². The molecule has 1 aliphatic heterocycles. The first kappa shape index (κ1) is 16.6. The normalized spacial score (nSPS) is 19.6. The Morgan fingerprint density at radius 3 is 2.81 bits per heavy atom. The first-order valence-corrected chi connectivity index (χ1v) is 8.74. The number of carboxylic acids is 1. The number of likely N-dealkylation sites (tertiary alicyclic amines) is 1. The Bertz CT molecular complexity index is 859. The molecular formula is C18H20N4O4. The van der Waals surface area contributed by atoms with Crippen molar-refractivity contribution in [2.75, 3.05) is 18.4 Å². The van der Waals surface area contributed by atoms with Gasteiger partial charge in [0.15, 0.2) is 5.82 Å². The highest BCUT2D eigenvalue weighted by Crippen LogP contribution is 2.39. The highest BCUT2D eigenvalue weighted by atomic mass is 16.5. The van der Waals surface area contributed by atoms with Gasteiger partial charge in [-0.2, -0.15) is 4.98 Å². The van der Waals surface area contributed by atoms with E-state index in [1.54, 1.807) is 6.07 Å². The number of nitrogens with one attached hydrogen (secondary N) is 1. The van der Waals surface area contributed by atoms with Gasteiger partial charge in [0.1, 0.15) is 0 Å². The Balaban J connectivity index is 1.54. The maximum absolute atomic E-state index is 12.5. The smallest absolute Gasteiger partial charge is 0.321 e. The van der Waals surface area contributed by atoms with E-state index >= 15 is 0 Å². The predicted octanol–water partition coefficient (Wildman–Crippen LogP) is 2.86. The van der Waals surface area contributed by atoms with Gasteiger partial charge >= 0.3 is 12.0 Å². The third-order valence-corrected chi connectivity index (χ3v) is 4.86. The number of aliphatic carboxylic acids is 1. The van der Waals surface area contributed by atoms with Crippen LogP contribution in [0.1, 0.15) is 36.6 Å². The molecule has 2 aliphatic rings. The molecule has 1 aromatic heterocycles. The minimum absolute atomic E-state index is 0.217. The predicted molar refractivity (Wildman–Crippen MR) is 92.8 cm³/mol. The Kier molecular flexibility index (Phi) is 4.10. The van der Waals surface area contributed by atoms with Crippen molar-refractivity contribution in [1.29, 1.82) is 0 Å². The first-order valence-electron chi connectivity index (χ1n) is 8.74. The molecule has 0 radical (unpaired) electrons. The number of aryl methyl sites for hydroxylation is 1. The summed E-state index contributed by atoms with van der Waals surface area (Å²) in [5.41, 5.74) is 2.26. The Hall–Kier alpha value is -2.90. The second kappa shape index (κ2) is 6.44. The first-order chi connectivity index (χ1) is 12.5.